The van der Waals surface area contributed by atoms with Crippen molar-refractivity contribution < 1.29 is 0 Å². The third-order valence-electron chi connectivity index (χ3n) is 16.1. The van der Waals surface area contributed by atoms with Crippen LogP contribution in [0.3, 0.4) is 0 Å². The highest BCUT2D eigenvalue weighted by Crippen LogP contribution is 2.71. The topological polar surface area (TPSA) is 3.24 Å². The van der Waals surface area contributed by atoms with Crippen LogP contribution in [0.25, 0.3) is 42.4 Å². The molecule has 4 bridgehead atoms. The Hall–Kier alpha value is -6.22. The van der Waals surface area contributed by atoms with Gasteiger partial charge in [-0.05, 0) is 160 Å². The van der Waals surface area contributed by atoms with Crippen molar-refractivity contribution in [3.8, 4) is 22.3 Å². The first-order valence-electron chi connectivity index (χ1n) is 22.5. The number of hydrogen-bond acceptors (Lipinski definition) is 2. The fourth-order valence-electron chi connectivity index (χ4n) is 14.2. The second-order valence-corrected chi connectivity index (χ2v) is 19.9. The normalized spacial score (nSPS) is 23.3. The molecule has 9 aromatic rings. The van der Waals surface area contributed by atoms with E-state index in [1.165, 1.54) is 114 Å². The number of thiophene rings is 1. The van der Waals surface area contributed by atoms with E-state index in [0.29, 0.717) is 11.8 Å². The molecule has 6 aliphatic rings. The molecule has 0 unspecified atom stereocenters. The van der Waals surface area contributed by atoms with E-state index in [1.807, 2.05) is 11.3 Å². The third kappa shape index (κ3) is 4.56. The molecule has 2 spiro atoms. The predicted octanol–water partition coefficient (Wildman–Crippen LogP) is 15.6. The molecule has 0 amide bonds. The maximum atomic E-state index is 2.65. The van der Waals surface area contributed by atoms with Gasteiger partial charge >= 0.3 is 0 Å². The Labute approximate surface area is 362 Å². The number of benzene rings is 8. The van der Waals surface area contributed by atoms with Crippen molar-refractivity contribution in [2.45, 2.75) is 42.9 Å². The zero-order chi connectivity index (χ0) is 39.9. The standard InChI is InChI=1S/C59H45NS/c1-2-12-43(13-3-1)60(44-25-22-39(23-26-44)40-24-28-49-48-16-6-11-21-56(48)61-57(49)35-40)45-27-29-54-55(36-45)59(50-17-7-4-14-46(50)47-15-5-8-18-51(47)59)53-20-10-9-19-52(53)58(54)41-31-37-30-38(33-41)34-42(58)32-37/h1-29,35-38,41-42H,30-34H2. The van der Waals surface area contributed by atoms with E-state index in [9.17, 15) is 0 Å². The smallest absolute Gasteiger partial charge is 0.0720 e. The zero-order valence-corrected chi connectivity index (χ0v) is 34.9. The zero-order valence-electron chi connectivity index (χ0n) is 34.1. The summed E-state index contributed by atoms with van der Waals surface area (Å²) in [4.78, 5) is 2.50. The average Bonchev–Trinajstić information content (AvgIpc) is 3.83. The first-order chi connectivity index (χ1) is 30.2. The van der Waals surface area contributed by atoms with Gasteiger partial charge in [-0.15, -0.1) is 11.3 Å². The fourth-order valence-corrected chi connectivity index (χ4v) is 15.3. The van der Waals surface area contributed by atoms with Crippen LogP contribution in [0.2, 0.25) is 0 Å². The number of fused-ring (bicyclic) bond motifs is 12. The lowest BCUT2D eigenvalue weighted by atomic mass is 9.38. The van der Waals surface area contributed by atoms with Crippen LogP contribution in [0.4, 0.5) is 17.1 Å². The van der Waals surface area contributed by atoms with Gasteiger partial charge in [0.25, 0.3) is 0 Å². The van der Waals surface area contributed by atoms with E-state index in [1.54, 1.807) is 11.1 Å². The van der Waals surface area contributed by atoms with E-state index in [0.717, 1.165) is 11.8 Å². The van der Waals surface area contributed by atoms with Gasteiger partial charge in [0.2, 0.25) is 0 Å². The molecule has 292 valence electrons. The van der Waals surface area contributed by atoms with Crippen LogP contribution < -0.4 is 4.90 Å². The molecule has 8 aromatic carbocycles. The molecule has 0 N–H and O–H groups in total. The van der Waals surface area contributed by atoms with Crippen molar-refractivity contribution >= 4 is 48.6 Å². The monoisotopic (exact) mass is 799 g/mol. The number of nitrogens with zero attached hydrogens (tertiary/aromatic N) is 1. The van der Waals surface area contributed by atoms with Crippen molar-refractivity contribution in [2.75, 3.05) is 4.90 Å². The van der Waals surface area contributed by atoms with Crippen molar-refractivity contribution in [3.63, 3.8) is 0 Å². The molecule has 1 heterocycles. The number of anilines is 3. The van der Waals surface area contributed by atoms with Crippen LogP contribution in [0.5, 0.6) is 0 Å². The van der Waals surface area contributed by atoms with Crippen LogP contribution in [0, 0.1) is 23.7 Å². The summed E-state index contributed by atoms with van der Waals surface area (Å²) in [5.74, 6) is 3.11. The predicted molar refractivity (Wildman–Crippen MR) is 255 cm³/mol. The minimum Gasteiger partial charge on any atom is -0.310 e. The molecule has 4 fully saturated rings. The lowest BCUT2D eigenvalue weighted by Crippen LogP contribution is -2.59. The molecule has 0 saturated heterocycles. The van der Waals surface area contributed by atoms with Crippen LogP contribution in [0.15, 0.2) is 188 Å². The Bertz CT molecular complexity index is 3150. The number of rotatable bonds is 4. The summed E-state index contributed by atoms with van der Waals surface area (Å²) < 4.78 is 2.68. The highest BCUT2D eigenvalue weighted by atomic mass is 32.1. The van der Waals surface area contributed by atoms with Gasteiger partial charge in [0.1, 0.15) is 0 Å². The van der Waals surface area contributed by atoms with E-state index >= 15 is 0 Å². The summed E-state index contributed by atoms with van der Waals surface area (Å²) in [5.41, 5.74) is 17.4. The van der Waals surface area contributed by atoms with Gasteiger partial charge in [-0.1, -0.05) is 140 Å². The van der Waals surface area contributed by atoms with Crippen molar-refractivity contribution in [1.82, 2.24) is 0 Å². The van der Waals surface area contributed by atoms with Crippen molar-refractivity contribution in [2.24, 2.45) is 23.7 Å². The largest absolute Gasteiger partial charge is 0.310 e. The summed E-state index contributed by atoms with van der Waals surface area (Å²) >= 11 is 1.89. The highest BCUT2D eigenvalue weighted by molar-refractivity contribution is 7.25. The van der Waals surface area contributed by atoms with Gasteiger partial charge in [-0.3, -0.25) is 0 Å². The molecule has 6 aliphatic carbocycles. The Balaban J connectivity index is 0.993. The summed E-state index contributed by atoms with van der Waals surface area (Å²) in [6, 6.07) is 72.3. The van der Waals surface area contributed by atoms with Crippen LogP contribution in [-0.2, 0) is 10.8 Å². The average molecular weight is 800 g/mol. The van der Waals surface area contributed by atoms with Gasteiger partial charge in [-0.2, -0.15) is 0 Å². The first-order valence-corrected chi connectivity index (χ1v) is 23.3. The lowest BCUT2D eigenvalue weighted by Gasteiger charge is -2.65. The summed E-state index contributed by atoms with van der Waals surface area (Å²) in [6.07, 6.45) is 6.90. The molecule has 15 rings (SSSR count). The minimum absolute atomic E-state index is 0.0182. The molecule has 0 radical (unpaired) electrons. The SMILES string of the molecule is c1ccc(N(c2ccc(-c3ccc4c(c3)sc3ccccc34)cc2)c2ccc3c(c2)C2(c4ccccc4-c4ccccc42)c2ccccc2C32C3CC4CC(C3)CC2C4)cc1. The Morgan fingerprint density at radius 1 is 0.377 bits per heavy atom. The molecule has 1 nitrogen and oxygen atoms in total. The van der Waals surface area contributed by atoms with E-state index in [4.69, 9.17) is 0 Å². The molecule has 0 aliphatic heterocycles. The Kier molecular flexibility index (Phi) is 7.16. The minimum atomic E-state index is -0.424. The summed E-state index contributed by atoms with van der Waals surface area (Å²) in [6.45, 7) is 0. The fraction of sp³-hybridized carbons (Fsp3) is 0.186. The quantitative estimate of drug-likeness (QED) is 0.171. The third-order valence-corrected chi connectivity index (χ3v) is 17.3. The van der Waals surface area contributed by atoms with Crippen LogP contribution >= 0.6 is 11.3 Å². The second kappa shape index (κ2) is 12.7. The summed E-state index contributed by atoms with van der Waals surface area (Å²) in [5, 5.41) is 2.68. The van der Waals surface area contributed by atoms with E-state index < -0.39 is 5.41 Å². The Morgan fingerprint density at radius 3 is 1.64 bits per heavy atom. The van der Waals surface area contributed by atoms with Crippen LogP contribution in [0.1, 0.15) is 65.5 Å². The molecule has 2 heteroatoms. The molecular weight excluding hydrogens is 755 g/mol. The van der Waals surface area contributed by atoms with E-state index in [2.05, 4.69) is 193 Å². The lowest BCUT2D eigenvalue weighted by molar-refractivity contribution is -0.0440. The van der Waals surface area contributed by atoms with E-state index in [-0.39, 0.29) is 5.41 Å². The maximum Gasteiger partial charge on any atom is 0.0720 e. The van der Waals surface area contributed by atoms with Gasteiger partial charge in [-0.25, -0.2) is 0 Å². The number of hydrogen-bond donors (Lipinski definition) is 0. The summed E-state index contributed by atoms with van der Waals surface area (Å²) in [7, 11) is 0. The van der Waals surface area contributed by atoms with Crippen molar-refractivity contribution in [3.05, 3.63) is 221 Å². The van der Waals surface area contributed by atoms with Gasteiger partial charge < -0.3 is 4.90 Å². The van der Waals surface area contributed by atoms with Crippen molar-refractivity contribution in [1.29, 1.82) is 0 Å². The first kappa shape index (κ1) is 34.5. The highest BCUT2D eigenvalue weighted by Gasteiger charge is 2.64. The Morgan fingerprint density at radius 2 is 0.918 bits per heavy atom. The molecular formula is C59H45NS. The molecule has 4 saturated carbocycles. The second-order valence-electron chi connectivity index (χ2n) is 18.8. The molecule has 61 heavy (non-hydrogen) atoms. The maximum absolute atomic E-state index is 2.65. The van der Waals surface area contributed by atoms with Gasteiger partial charge in [0.15, 0.2) is 0 Å². The van der Waals surface area contributed by atoms with Crippen LogP contribution in [-0.4, -0.2) is 0 Å². The van der Waals surface area contributed by atoms with Gasteiger partial charge in [0, 0.05) is 42.6 Å². The van der Waals surface area contributed by atoms with Gasteiger partial charge in [0.05, 0.1) is 5.41 Å². The molecule has 1 aromatic heterocycles. The molecule has 0 atom stereocenters. The number of para-hydroxylation sites is 1.